The summed E-state index contributed by atoms with van der Waals surface area (Å²) in [5, 5.41) is 0. The summed E-state index contributed by atoms with van der Waals surface area (Å²) in [5.41, 5.74) is 0. The van der Waals surface area contributed by atoms with Crippen LogP contribution in [0.5, 0.6) is 0 Å². The number of hydrogen-bond donors (Lipinski definition) is 0. The smallest absolute Gasteiger partial charge is 0.0351 e. The van der Waals surface area contributed by atoms with E-state index < -0.39 is 0 Å². The lowest BCUT2D eigenvalue weighted by Gasteiger charge is -2.29. The van der Waals surface area contributed by atoms with E-state index in [0.29, 0.717) is 0 Å². The van der Waals surface area contributed by atoms with Crippen LogP contribution >= 0.6 is 11.6 Å². The Bertz CT molecular complexity index is 93.3. The van der Waals surface area contributed by atoms with Crippen LogP contribution < -0.4 is 0 Å². The number of piperidine rings is 1. The van der Waals surface area contributed by atoms with E-state index in [1.54, 1.807) is 0 Å². The molecule has 10 heavy (non-hydrogen) atoms. The van der Waals surface area contributed by atoms with Crippen LogP contribution in [0.2, 0.25) is 0 Å². The van der Waals surface area contributed by atoms with Crippen molar-refractivity contribution in [2.24, 2.45) is 5.92 Å². The number of nitrogens with zero attached hydrogens (tertiary/aromatic N) is 1. The van der Waals surface area contributed by atoms with Gasteiger partial charge < -0.3 is 4.90 Å². The molecule has 1 aliphatic rings. The maximum atomic E-state index is 5.64. The molecule has 0 bridgehead atoms. The molecule has 1 unspecified atom stereocenters. The second-order valence-electron chi connectivity index (χ2n) is 3.24. The highest BCUT2D eigenvalue weighted by molar-refractivity contribution is 6.18. The Balaban J connectivity index is 2.18. The normalized spacial score (nSPS) is 28.8. The van der Waals surface area contributed by atoms with Gasteiger partial charge in [0.05, 0.1) is 0 Å². The van der Waals surface area contributed by atoms with Crippen LogP contribution in [0, 0.1) is 5.92 Å². The Morgan fingerprint density at radius 1 is 1.60 bits per heavy atom. The first kappa shape index (κ1) is 8.35. The number of hydrogen-bond acceptors (Lipinski definition) is 1. The average Bonchev–Trinajstić information content (AvgIpc) is 1.88. The molecule has 0 aliphatic carbocycles. The van der Waals surface area contributed by atoms with Gasteiger partial charge in [0.1, 0.15) is 0 Å². The molecule has 1 fully saturated rings. The van der Waals surface area contributed by atoms with Gasteiger partial charge in [-0.15, -0.1) is 11.6 Å². The minimum atomic E-state index is 0.784. The Morgan fingerprint density at radius 3 is 3.00 bits per heavy atom. The maximum absolute atomic E-state index is 5.64. The summed E-state index contributed by atoms with van der Waals surface area (Å²) in [6, 6.07) is 0. The largest absolute Gasteiger partial charge is 0.302 e. The van der Waals surface area contributed by atoms with Crippen molar-refractivity contribution in [1.82, 2.24) is 4.90 Å². The van der Waals surface area contributed by atoms with Crippen LogP contribution in [0.25, 0.3) is 0 Å². The van der Waals surface area contributed by atoms with E-state index in [1.165, 1.54) is 25.9 Å². The minimum Gasteiger partial charge on any atom is -0.302 e. The summed E-state index contributed by atoms with van der Waals surface area (Å²) >= 11 is 5.64. The van der Waals surface area contributed by atoms with Gasteiger partial charge in [0.2, 0.25) is 0 Å². The molecule has 1 atom stereocenters. The van der Waals surface area contributed by atoms with E-state index in [4.69, 9.17) is 11.6 Å². The highest BCUT2D eigenvalue weighted by Crippen LogP contribution is 2.14. The molecule has 1 nitrogen and oxygen atoms in total. The molecule has 0 aromatic carbocycles. The lowest BCUT2D eigenvalue weighted by Crippen LogP contribution is -2.35. The van der Waals surface area contributed by atoms with Crippen molar-refractivity contribution in [3.05, 3.63) is 0 Å². The standard InChI is InChI=1S/C8H16ClN/c1-8-3-2-5-10(7-8)6-4-9/h8H,2-7H2,1H3. The monoisotopic (exact) mass is 161 g/mol. The molecule has 2 heteroatoms. The lowest BCUT2D eigenvalue weighted by atomic mass is 10.0. The first-order valence-corrected chi connectivity index (χ1v) is 4.64. The van der Waals surface area contributed by atoms with E-state index in [9.17, 15) is 0 Å². The van der Waals surface area contributed by atoms with Crippen molar-refractivity contribution >= 4 is 11.6 Å². The van der Waals surface area contributed by atoms with Crippen LogP contribution in [0.3, 0.4) is 0 Å². The second kappa shape index (κ2) is 4.20. The molecule has 0 radical (unpaired) electrons. The van der Waals surface area contributed by atoms with Gasteiger partial charge >= 0.3 is 0 Å². The fourth-order valence-corrected chi connectivity index (χ4v) is 1.85. The summed E-state index contributed by atoms with van der Waals surface area (Å²) in [4.78, 5) is 2.46. The van der Waals surface area contributed by atoms with Gasteiger partial charge in [-0.25, -0.2) is 0 Å². The molecule has 0 N–H and O–H groups in total. The van der Waals surface area contributed by atoms with Gasteiger partial charge in [-0.1, -0.05) is 6.92 Å². The summed E-state index contributed by atoms with van der Waals surface area (Å²) in [7, 11) is 0. The molecule has 1 heterocycles. The third-order valence-corrected chi connectivity index (χ3v) is 2.31. The van der Waals surface area contributed by atoms with E-state index in [-0.39, 0.29) is 0 Å². The average molecular weight is 162 g/mol. The number of halogens is 1. The molecular formula is C8H16ClN. The molecule has 1 saturated heterocycles. The zero-order chi connectivity index (χ0) is 7.40. The Kier molecular flexibility index (Phi) is 3.50. The molecular weight excluding hydrogens is 146 g/mol. The maximum Gasteiger partial charge on any atom is 0.0351 e. The topological polar surface area (TPSA) is 3.24 Å². The molecule has 0 amide bonds. The predicted molar refractivity (Wildman–Crippen MR) is 45.6 cm³/mol. The number of rotatable bonds is 2. The zero-order valence-corrected chi connectivity index (χ0v) is 7.40. The summed E-state index contributed by atoms with van der Waals surface area (Å²) in [5.74, 6) is 1.67. The minimum absolute atomic E-state index is 0.784. The van der Waals surface area contributed by atoms with Crippen LogP contribution in [-0.2, 0) is 0 Å². The van der Waals surface area contributed by atoms with Gasteiger partial charge in [-0.2, -0.15) is 0 Å². The Morgan fingerprint density at radius 2 is 2.40 bits per heavy atom. The molecule has 0 aromatic heterocycles. The fourth-order valence-electron chi connectivity index (χ4n) is 1.61. The van der Waals surface area contributed by atoms with Gasteiger partial charge in [0.25, 0.3) is 0 Å². The second-order valence-corrected chi connectivity index (χ2v) is 3.61. The van der Waals surface area contributed by atoms with Crippen LogP contribution in [0.1, 0.15) is 19.8 Å². The van der Waals surface area contributed by atoms with Crippen molar-refractivity contribution < 1.29 is 0 Å². The predicted octanol–water partition coefficient (Wildman–Crippen LogP) is 1.96. The Labute approximate surface area is 68.4 Å². The summed E-state index contributed by atoms with van der Waals surface area (Å²) in [6.07, 6.45) is 2.76. The van der Waals surface area contributed by atoms with E-state index in [0.717, 1.165) is 18.3 Å². The first-order valence-electron chi connectivity index (χ1n) is 4.11. The lowest BCUT2D eigenvalue weighted by molar-refractivity contribution is 0.194. The van der Waals surface area contributed by atoms with Crippen LogP contribution in [-0.4, -0.2) is 30.4 Å². The molecule has 1 rings (SSSR count). The zero-order valence-electron chi connectivity index (χ0n) is 6.65. The van der Waals surface area contributed by atoms with Crippen LogP contribution in [0.15, 0.2) is 0 Å². The van der Waals surface area contributed by atoms with Gasteiger partial charge in [0, 0.05) is 19.0 Å². The van der Waals surface area contributed by atoms with E-state index in [1.807, 2.05) is 0 Å². The van der Waals surface area contributed by atoms with Crippen molar-refractivity contribution in [3.63, 3.8) is 0 Å². The van der Waals surface area contributed by atoms with E-state index >= 15 is 0 Å². The molecule has 0 saturated carbocycles. The highest BCUT2D eigenvalue weighted by atomic mass is 35.5. The van der Waals surface area contributed by atoms with Crippen LogP contribution in [0.4, 0.5) is 0 Å². The van der Waals surface area contributed by atoms with Gasteiger partial charge in [0.15, 0.2) is 0 Å². The third-order valence-electron chi connectivity index (χ3n) is 2.14. The van der Waals surface area contributed by atoms with Crippen molar-refractivity contribution in [2.75, 3.05) is 25.5 Å². The molecule has 60 valence electrons. The third kappa shape index (κ3) is 2.47. The number of likely N-dealkylation sites (tertiary alicyclic amines) is 1. The first-order chi connectivity index (χ1) is 4.83. The van der Waals surface area contributed by atoms with E-state index in [2.05, 4.69) is 11.8 Å². The molecule has 0 spiro atoms. The van der Waals surface area contributed by atoms with Gasteiger partial charge in [-0.3, -0.25) is 0 Å². The molecule has 1 aliphatic heterocycles. The van der Waals surface area contributed by atoms with Crippen molar-refractivity contribution in [2.45, 2.75) is 19.8 Å². The Hall–Kier alpha value is 0.250. The number of alkyl halides is 1. The SMILES string of the molecule is CC1CCCN(CCCl)C1. The van der Waals surface area contributed by atoms with Crippen molar-refractivity contribution in [1.29, 1.82) is 0 Å². The summed E-state index contributed by atoms with van der Waals surface area (Å²) < 4.78 is 0. The fraction of sp³-hybridized carbons (Fsp3) is 1.00. The highest BCUT2D eigenvalue weighted by Gasteiger charge is 2.14. The quantitative estimate of drug-likeness (QED) is 0.560. The van der Waals surface area contributed by atoms with Gasteiger partial charge in [-0.05, 0) is 25.3 Å². The summed E-state index contributed by atoms with van der Waals surface area (Å²) in [6.45, 7) is 5.91. The molecule has 0 aromatic rings. The van der Waals surface area contributed by atoms with Crippen molar-refractivity contribution in [3.8, 4) is 0 Å².